The van der Waals surface area contributed by atoms with Crippen molar-refractivity contribution in [3.8, 4) is 11.3 Å². The molecule has 1 aliphatic rings. The van der Waals surface area contributed by atoms with Gasteiger partial charge in [-0.05, 0) is 37.6 Å². The predicted molar refractivity (Wildman–Crippen MR) is 129 cm³/mol. The molecular weight excluding hydrogens is 428 g/mol. The highest BCUT2D eigenvalue weighted by atomic mass is 35.5. The van der Waals surface area contributed by atoms with Gasteiger partial charge in [-0.25, -0.2) is 5.10 Å². The van der Waals surface area contributed by atoms with E-state index in [0.717, 1.165) is 68.7 Å². The third kappa shape index (κ3) is 6.16. The van der Waals surface area contributed by atoms with Crippen LogP contribution in [0.2, 0.25) is 0 Å². The standard InChI is InChI=1S/C24H28N4O3.ClH/c29-22(11-2-1-5-12-28-13-15-31-16-14-28)25-19-8-6-7-18(17-19)23-20-9-3-4-10-21(20)24(30)27-26-23;/h3-4,6-10,17H,1-2,5,11-16H2,(H,25,29)(H,27,30);1H. The summed E-state index contributed by atoms with van der Waals surface area (Å²) in [4.78, 5) is 26.8. The lowest BCUT2D eigenvalue weighted by Gasteiger charge is -2.26. The van der Waals surface area contributed by atoms with Gasteiger partial charge in [-0.2, -0.15) is 5.10 Å². The van der Waals surface area contributed by atoms with Crippen molar-refractivity contribution in [2.24, 2.45) is 0 Å². The molecule has 0 saturated carbocycles. The van der Waals surface area contributed by atoms with Crippen molar-refractivity contribution < 1.29 is 9.53 Å². The minimum absolute atomic E-state index is 0. The molecule has 1 fully saturated rings. The summed E-state index contributed by atoms with van der Waals surface area (Å²) in [5.74, 6) is 0.0165. The van der Waals surface area contributed by atoms with Crippen LogP contribution in [0.5, 0.6) is 0 Å². The lowest BCUT2D eigenvalue weighted by molar-refractivity contribution is -0.116. The minimum atomic E-state index is -0.211. The summed E-state index contributed by atoms with van der Waals surface area (Å²) in [6, 6.07) is 15.0. The Balaban J connectivity index is 0.00000289. The van der Waals surface area contributed by atoms with Crippen LogP contribution in [0, 0.1) is 0 Å². The van der Waals surface area contributed by atoms with Crippen LogP contribution in [0.1, 0.15) is 25.7 Å². The minimum Gasteiger partial charge on any atom is -0.379 e. The maximum atomic E-state index is 12.4. The van der Waals surface area contributed by atoms with E-state index in [9.17, 15) is 9.59 Å². The van der Waals surface area contributed by atoms with E-state index in [1.165, 1.54) is 0 Å². The number of carbonyl (C=O) groups is 1. The van der Waals surface area contributed by atoms with Crippen molar-refractivity contribution in [2.75, 3.05) is 38.2 Å². The van der Waals surface area contributed by atoms with Crippen molar-refractivity contribution in [1.82, 2.24) is 15.1 Å². The number of aromatic amines is 1. The number of hydrogen-bond donors (Lipinski definition) is 2. The second kappa shape index (κ2) is 11.8. The number of H-pyrrole nitrogens is 1. The zero-order valence-corrected chi connectivity index (χ0v) is 18.8. The number of aromatic nitrogens is 2. The predicted octanol–water partition coefficient (Wildman–Crippen LogP) is 3.84. The van der Waals surface area contributed by atoms with E-state index in [1.54, 1.807) is 6.07 Å². The van der Waals surface area contributed by atoms with Crippen LogP contribution >= 0.6 is 12.4 Å². The van der Waals surface area contributed by atoms with Gasteiger partial charge < -0.3 is 10.1 Å². The first-order chi connectivity index (χ1) is 15.2. The fourth-order valence-corrected chi connectivity index (χ4v) is 3.93. The number of morpholine rings is 1. The fraction of sp³-hybridized carbons (Fsp3) is 0.375. The van der Waals surface area contributed by atoms with Gasteiger partial charge in [0.2, 0.25) is 5.91 Å². The fourth-order valence-electron chi connectivity index (χ4n) is 3.93. The number of benzene rings is 2. The molecule has 0 aliphatic carbocycles. The molecule has 7 nitrogen and oxygen atoms in total. The van der Waals surface area contributed by atoms with Crippen LogP contribution in [0.15, 0.2) is 53.3 Å². The summed E-state index contributed by atoms with van der Waals surface area (Å²) in [5.41, 5.74) is 2.05. The van der Waals surface area contributed by atoms with Crippen molar-refractivity contribution >= 4 is 34.8 Å². The summed E-state index contributed by atoms with van der Waals surface area (Å²) in [6.45, 7) is 4.75. The number of rotatable bonds is 8. The maximum Gasteiger partial charge on any atom is 0.272 e. The van der Waals surface area contributed by atoms with Gasteiger partial charge in [0, 0.05) is 36.1 Å². The van der Waals surface area contributed by atoms with E-state index in [4.69, 9.17) is 4.74 Å². The Kier molecular flexibility index (Phi) is 8.79. The van der Waals surface area contributed by atoms with Crippen LogP contribution in [0.25, 0.3) is 22.0 Å². The van der Waals surface area contributed by atoms with Crippen molar-refractivity contribution in [3.05, 3.63) is 58.9 Å². The van der Waals surface area contributed by atoms with Crippen LogP contribution < -0.4 is 10.9 Å². The number of amides is 1. The Bertz CT molecular complexity index is 1100. The molecular formula is C24H29ClN4O3. The van der Waals surface area contributed by atoms with Crippen molar-refractivity contribution in [1.29, 1.82) is 0 Å². The summed E-state index contributed by atoms with van der Waals surface area (Å²) >= 11 is 0. The zero-order valence-electron chi connectivity index (χ0n) is 18.0. The zero-order chi connectivity index (χ0) is 21.5. The molecule has 1 saturated heterocycles. The van der Waals surface area contributed by atoms with Crippen LogP contribution in [-0.4, -0.2) is 53.9 Å². The van der Waals surface area contributed by atoms with Gasteiger partial charge in [-0.3, -0.25) is 14.5 Å². The second-order valence-electron chi connectivity index (χ2n) is 7.84. The van der Waals surface area contributed by atoms with E-state index >= 15 is 0 Å². The quantitative estimate of drug-likeness (QED) is 0.503. The first-order valence-electron chi connectivity index (χ1n) is 10.9. The van der Waals surface area contributed by atoms with Crippen LogP contribution in [0.4, 0.5) is 5.69 Å². The second-order valence-corrected chi connectivity index (χ2v) is 7.84. The maximum absolute atomic E-state index is 12.4. The van der Waals surface area contributed by atoms with Gasteiger partial charge >= 0.3 is 0 Å². The Morgan fingerprint density at radius 1 is 1.03 bits per heavy atom. The third-order valence-corrected chi connectivity index (χ3v) is 5.60. The summed E-state index contributed by atoms with van der Waals surface area (Å²) in [5, 5.41) is 11.2. The molecule has 8 heteroatoms. The number of unbranched alkanes of at least 4 members (excludes halogenated alkanes) is 2. The molecule has 2 heterocycles. The van der Waals surface area contributed by atoms with Crippen LogP contribution in [-0.2, 0) is 9.53 Å². The van der Waals surface area contributed by atoms with Crippen molar-refractivity contribution in [3.63, 3.8) is 0 Å². The average Bonchev–Trinajstić information content (AvgIpc) is 2.80. The number of hydrogen-bond acceptors (Lipinski definition) is 5. The molecule has 3 aromatic rings. The Hall–Kier alpha value is -2.74. The molecule has 1 aromatic heterocycles. The number of fused-ring (bicyclic) bond motifs is 1. The number of ether oxygens (including phenoxy) is 1. The molecule has 1 amide bonds. The smallest absolute Gasteiger partial charge is 0.272 e. The lowest BCUT2D eigenvalue weighted by atomic mass is 10.0. The van der Waals surface area contributed by atoms with E-state index in [0.29, 0.717) is 17.5 Å². The molecule has 0 unspecified atom stereocenters. The number of nitrogens with one attached hydrogen (secondary N) is 2. The Labute approximate surface area is 193 Å². The van der Waals surface area contributed by atoms with Gasteiger partial charge in [-0.1, -0.05) is 36.8 Å². The molecule has 2 N–H and O–H groups in total. The lowest BCUT2D eigenvalue weighted by Crippen LogP contribution is -2.36. The molecule has 0 atom stereocenters. The molecule has 170 valence electrons. The molecule has 2 aromatic carbocycles. The van der Waals surface area contributed by atoms with E-state index in [2.05, 4.69) is 20.4 Å². The van der Waals surface area contributed by atoms with E-state index < -0.39 is 0 Å². The average molecular weight is 457 g/mol. The molecule has 1 aliphatic heterocycles. The molecule has 0 bridgehead atoms. The normalized spacial score (nSPS) is 14.1. The molecule has 32 heavy (non-hydrogen) atoms. The van der Waals surface area contributed by atoms with Gasteiger partial charge in [0.05, 0.1) is 24.3 Å². The number of halogens is 1. The monoisotopic (exact) mass is 456 g/mol. The third-order valence-electron chi connectivity index (χ3n) is 5.60. The summed E-state index contributed by atoms with van der Waals surface area (Å²) in [6.07, 6.45) is 3.53. The van der Waals surface area contributed by atoms with Gasteiger partial charge in [-0.15, -0.1) is 12.4 Å². The number of anilines is 1. The largest absolute Gasteiger partial charge is 0.379 e. The molecule has 0 radical (unpaired) electrons. The highest BCUT2D eigenvalue weighted by Gasteiger charge is 2.11. The van der Waals surface area contributed by atoms with Gasteiger partial charge in [0.25, 0.3) is 5.56 Å². The highest BCUT2D eigenvalue weighted by Crippen LogP contribution is 2.26. The topological polar surface area (TPSA) is 87.3 Å². The first kappa shape index (κ1) is 23.9. The number of nitrogens with zero attached hydrogens (tertiary/aromatic N) is 2. The SMILES string of the molecule is Cl.O=C(CCCCCN1CCOCC1)Nc1cccc(-c2n[nH]c(=O)c3ccccc23)c1. The van der Waals surface area contributed by atoms with Gasteiger partial charge in [0.1, 0.15) is 0 Å². The van der Waals surface area contributed by atoms with E-state index in [1.807, 2.05) is 42.5 Å². The highest BCUT2D eigenvalue weighted by molar-refractivity contribution is 5.95. The Morgan fingerprint density at radius 2 is 1.81 bits per heavy atom. The summed E-state index contributed by atoms with van der Waals surface area (Å²) in [7, 11) is 0. The van der Waals surface area contributed by atoms with E-state index in [-0.39, 0.29) is 23.9 Å². The Morgan fingerprint density at radius 3 is 2.62 bits per heavy atom. The molecule has 0 spiro atoms. The van der Waals surface area contributed by atoms with Crippen LogP contribution in [0.3, 0.4) is 0 Å². The number of carbonyl (C=O) groups excluding carboxylic acids is 1. The van der Waals surface area contributed by atoms with Crippen molar-refractivity contribution in [2.45, 2.75) is 25.7 Å². The molecule has 4 rings (SSSR count). The first-order valence-corrected chi connectivity index (χ1v) is 10.9. The summed E-state index contributed by atoms with van der Waals surface area (Å²) < 4.78 is 5.36. The van der Waals surface area contributed by atoms with Gasteiger partial charge in [0.15, 0.2) is 0 Å².